The van der Waals surface area contributed by atoms with Crippen molar-refractivity contribution in [2.24, 2.45) is 0 Å². The van der Waals surface area contributed by atoms with Crippen LogP contribution in [0.1, 0.15) is 31.4 Å². The minimum absolute atomic E-state index is 0.0487. The van der Waals surface area contributed by atoms with Crippen LogP contribution in [0.5, 0.6) is 11.5 Å². The van der Waals surface area contributed by atoms with Crippen LogP contribution in [0.15, 0.2) is 72.8 Å². The molecule has 0 saturated carbocycles. The van der Waals surface area contributed by atoms with Gasteiger partial charge >= 0.3 is 0 Å². The molecule has 0 aliphatic carbocycles. The summed E-state index contributed by atoms with van der Waals surface area (Å²) in [4.78, 5) is 29.6. The van der Waals surface area contributed by atoms with Crippen LogP contribution in [0.3, 0.4) is 0 Å². The van der Waals surface area contributed by atoms with E-state index in [0.717, 1.165) is 18.4 Å². The first-order valence-corrected chi connectivity index (χ1v) is 13.4. The summed E-state index contributed by atoms with van der Waals surface area (Å²) in [6, 6.07) is 20.8. The van der Waals surface area contributed by atoms with E-state index in [1.54, 1.807) is 48.2 Å². The maximum Gasteiger partial charge on any atom is 0.249 e. The van der Waals surface area contributed by atoms with Gasteiger partial charge in [-0.1, -0.05) is 35.5 Å². The highest BCUT2D eigenvalue weighted by Crippen LogP contribution is 2.32. The standard InChI is InChI=1S/C30H33N5O5/c1-3-39-23-15-13-21(14-16-23)29(30(37)31-19-25-10-7-17-40-25)35(22-8-6-9-24(18-22)38-2)28(36)20-34-27-12-5-4-11-26(27)32-33-34/h4-6,8-9,11-16,18,25,29H,3,7,10,17,19-20H2,1-2H3,(H,31,37)/t25-,29+/m1/s1. The van der Waals surface area contributed by atoms with Crippen molar-refractivity contribution in [1.82, 2.24) is 20.3 Å². The molecule has 10 heteroatoms. The number of anilines is 1. The van der Waals surface area contributed by atoms with Gasteiger partial charge in [-0.25, -0.2) is 4.68 Å². The molecule has 5 rings (SSSR count). The van der Waals surface area contributed by atoms with Crippen LogP contribution in [0.25, 0.3) is 11.0 Å². The van der Waals surface area contributed by atoms with E-state index < -0.39 is 6.04 Å². The lowest BCUT2D eigenvalue weighted by Gasteiger charge is -2.32. The Morgan fingerprint density at radius 2 is 1.93 bits per heavy atom. The van der Waals surface area contributed by atoms with Gasteiger partial charge in [0.25, 0.3) is 0 Å². The largest absolute Gasteiger partial charge is 0.497 e. The van der Waals surface area contributed by atoms with Crippen molar-refractivity contribution in [3.8, 4) is 11.5 Å². The van der Waals surface area contributed by atoms with Crippen LogP contribution in [0.2, 0.25) is 0 Å². The van der Waals surface area contributed by atoms with Gasteiger partial charge in [-0.05, 0) is 61.7 Å². The van der Waals surface area contributed by atoms with E-state index >= 15 is 0 Å². The minimum atomic E-state index is -0.980. The second-order valence-corrected chi connectivity index (χ2v) is 9.49. The van der Waals surface area contributed by atoms with E-state index in [1.807, 2.05) is 43.3 Å². The smallest absolute Gasteiger partial charge is 0.249 e. The molecule has 2 atom stereocenters. The van der Waals surface area contributed by atoms with Crippen LogP contribution in [0.4, 0.5) is 5.69 Å². The van der Waals surface area contributed by atoms with Gasteiger partial charge in [0.2, 0.25) is 11.8 Å². The van der Waals surface area contributed by atoms with E-state index in [4.69, 9.17) is 14.2 Å². The van der Waals surface area contributed by atoms with Crippen molar-refractivity contribution in [3.05, 3.63) is 78.4 Å². The summed E-state index contributed by atoms with van der Waals surface area (Å²) in [5, 5.41) is 11.4. The Hall–Kier alpha value is -4.44. The zero-order chi connectivity index (χ0) is 27.9. The Morgan fingerprint density at radius 3 is 2.67 bits per heavy atom. The van der Waals surface area contributed by atoms with Crippen LogP contribution in [-0.4, -0.2) is 59.8 Å². The first kappa shape index (κ1) is 27.1. The predicted molar refractivity (Wildman–Crippen MR) is 150 cm³/mol. The van der Waals surface area contributed by atoms with Crippen LogP contribution in [-0.2, 0) is 20.9 Å². The Kier molecular flexibility index (Phi) is 8.56. The number of rotatable bonds is 11. The Bertz CT molecular complexity index is 1450. The number of methoxy groups -OCH3 is 1. The molecule has 10 nitrogen and oxygen atoms in total. The van der Waals surface area contributed by atoms with Crippen molar-refractivity contribution in [1.29, 1.82) is 0 Å². The number of carbonyl (C=O) groups excluding carboxylic acids is 2. The highest BCUT2D eigenvalue weighted by Gasteiger charge is 2.34. The summed E-state index contributed by atoms with van der Waals surface area (Å²) in [6.45, 7) is 3.35. The lowest BCUT2D eigenvalue weighted by Crippen LogP contribution is -2.46. The van der Waals surface area contributed by atoms with Crippen molar-refractivity contribution in [2.75, 3.05) is 31.8 Å². The van der Waals surface area contributed by atoms with Gasteiger partial charge in [-0.2, -0.15) is 0 Å². The number of hydrogen-bond acceptors (Lipinski definition) is 7. The number of fused-ring (bicyclic) bond motifs is 1. The van der Waals surface area contributed by atoms with Gasteiger partial charge in [0.1, 0.15) is 29.6 Å². The third-order valence-electron chi connectivity index (χ3n) is 6.85. The van der Waals surface area contributed by atoms with Gasteiger partial charge in [0.15, 0.2) is 0 Å². The summed E-state index contributed by atoms with van der Waals surface area (Å²) in [6.07, 6.45) is 1.79. The first-order chi connectivity index (χ1) is 19.6. The third-order valence-corrected chi connectivity index (χ3v) is 6.85. The first-order valence-electron chi connectivity index (χ1n) is 13.4. The summed E-state index contributed by atoms with van der Waals surface area (Å²) >= 11 is 0. The number of amides is 2. The Balaban J connectivity index is 1.54. The molecule has 0 spiro atoms. The fraction of sp³-hybridized carbons (Fsp3) is 0.333. The van der Waals surface area contributed by atoms with E-state index in [0.29, 0.717) is 48.0 Å². The molecule has 0 bridgehead atoms. The zero-order valence-electron chi connectivity index (χ0n) is 22.7. The number of nitrogens with one attached hydrogen (secondary N) is 1. The number of ether oxygens (including phenoxy) is 3. The van der Waals surface area contributed by atoms with E-state index in [2.05, 4.69) is 15.6 Å². The predicted octanol–water partition coefficient (Wildman–Crippen LogP) is 3.91. The maximum atomic E-state index is 14.2. The quantitative estimate of drug-likeness (QED) is 0.306. The zero-order valence-corrected chi connectivity index (χ0v) is 22.7. The monoisotopic (exact) mass is 543 g/mol. The van der Waals surface area contributed by atoms with Crippen molar-refractivity contribution in [2.45, 2.75) is 38.5 Å². The molecule has 1 aliphatic heterocycles. The van der Waals surface area contributed by atoms with Gasteiger partial charge < -0.3 is 19.5 Å². The second-order valence-electron chi connectivity index (χ2n) is 9.49. The molecular formula is C30H33N5O5. The van der Waals surface area contributed by atoms with Gasteiger partial charge in [0, 0.05) is 24.9 Å². The Morgan fingerprint density at radius 1 is 1.10 bits per heavy atom. The van der Waals surface area contributed by atoms with E-state index in [1.165, 1.54) is 4.90 Å². The highest BCUT2D eigenvalue weighted by molar-refractivity contribution is 6.01. The molecule has 3 aromatic carbocycles. The van der Waals surface area contributed by atoms with Gasteiger partial charge in [-0.15, -0.1) is 5.10 Å². The molecule has 1 N–H and O–H groups in total. The Labute approximate surface area is 232 Å². The lowest BCUT2D eigenvalue weighted by atomic mass is 10.0. The second kappa shape index (κ2) is 12.6. The SMILES string of the molecule is CCOc1ccc([C@@H](C(=O)NC[C@H]2CCCO2)N(C(=O)Cn2nnc3ccccc32)c2cccc(OC)c2)cc1. The number of para-hydroxylation sites is 1. The number of nitrogens with zero attached hydrogens (tertiary/aromatic N) is 4. The molecule has 4 aromatic rings. The van der Waals surface area contributed by atoms with Crippen LogP contribution < -0.4 is 19.7 Å². The maximum absolute atomic E-state index is 14.2. The summed E-state index contributed by atoms with van der Waals surface area (Å²) in [5.41, 5.74) is 2.55. The molecule has 0 radical (unpaired) electrons. The summed E-state index contributed by atoms with van der Waals surface area (Å²) < 4.78 is 18.3. The normalized spacial score (nSPS) is 15.5. The highest BCUT2D eigenvalue weighted by atomic mass is 16.5. The molecule has 2 amide bonds. The van der Waals surface area contributed by atoms with Crippen molar-refractivity contribution >= 4 is 28.5 Å². The molecule has 1 aromatic heterocycles. The number of benzene rings is 3. The van der Waals surface area contributed by atoms with Crippen molar-refractivity contribution < 1.29 is 23.8 Å². The number of hydrogen-bond donors (Lipinski definition) is 1. The van der Waals surface area contributed by atoms with E-state index in [9.17, 15) is 9.59 Å². The van der Waals surface area contributed by atoms with Crippen LogP contribution >= 0.6 is 0 Å². The van der Waals surface area contributed by atoms with Crippen LogP contribution in [0, 0.1) is 0 Å². The summed E-state index contributed by atoms with van der Waals surface area (Å²) in [7, 11) is 1.56. The molecule has 208 valence electrons. The fourth-order valence-electron chi connectivity index (χ4n) is 4.88. The van der Waals surface area contributed by atoms with Gasteiger partial charge in [0.05, 0.1) is 25.3 Å². The lowest BCUT2D eigenvalue weighted by molar-refractivity contribution is -0.127. The van der Waals surface area contributed by atoms with Gasteiger partial charge in [-0.3, -0.25) is 14.5 Å². The van der Waals surface area contributed by atoms with Crippen molar-refractivity contribution in [3.63, 3.8) is 0 Å². The van der Waals surface area contributed by atoms with E-state index in [-0.39, 0.29) is 24.5 Å². The molecule has 2 heterocycles. The molecule has 1 saturated heterocycles. The average Bonchev–Trinajstić information content (AvgIpc) is 3.66. The molecular weight excluding hydrogens is 510 g/mol. The minimum Gasteiger partial charge on any atom is -0.497 e. The molecule has 40 heavy (non-hydrogen) atoms. The topological polar surface area (TPSA) is 108 Å². The third kappa shape index (κ3) is 6.07. The number of carbonyl (C=O) groups is 2. The summed E-state index contributed by atoms with van der Waals surface area (Å²) in [5.74, 6) is 0.583. The fourth-order valence-corrected chi connectivity index (χ4v) is 4.88. The molecule has 1 fully saturated rings. The number of aromatic nitrogens is 3. The molecule has 1 aliphatic rings. The molecule has 0 unspecified atom stereocenters. The average molecular weight is 544 g/mol.